The molecule has 0 aliphatic heterocycles. The average molecular weight is 211 g/mol. The van der Waals surface area contributed by atoms with E-state index in [0.29, 0.717) is 11.1 Å². The topological polar surface area (TPSA) is 83.6 Å². The van der Waals surface area contributed by atoms with Crippen LogP contribution in [-0.4, -0.2) is 28.4 Å². The molecule has 1 aromatic rings. The summed E-state index contributed by atoms with van der Waals surface area (Å²) in [6.07, 6.45) is 0.519. The second kappa shape index (κ2) is 5.43. The Labute approximate surface area is 87.1 Å². The molecule has 0 bridgehead atoms. The van der Waals surface area contributed by atoms with Crippen molar-refractivity contribution in [1.29, 1.82) is 0 Å². The third-order valence-electron chi connectivity index (χ3n) is 2.15. The van der Waals surface area contributed by atoms with Gasteiger partial charge in [0, 0.05) is 37.2 Å². The number of nitro benzene ring substituents is 1. The molecular weight excluding hydrogens is 198 g/mol. The van der Waals surface area contributed by atoms with Crippen molar-refractivity contribution >= 4 is 5.69 Å². The molecule has 82 valence electrons. The van der Waals surface area contributed by atoms with Gasteiger partial charge in [-0.05, 0) is 0 Å². The Morgan fingerprint density at radius 1 is 1.13 bits per heavy atom. The predicted molar refractivity (Wildman–Crippen MR) is 54.7 cm³/mol. The van der Waals surface area contributed by atoms with E-state index in [0.717, 1.165) is 0 Å². The lowest BCUT2D eigenvalue weighted by molar-refractivity contribution is -0.386. The molecule has 0 saturated carbocycles. The van der Waals surface area contributed by atoms with Crippen molar-refractivity contribution in [3.8, 4) is 0 Å². The molecule has 0 aliphatic rings. The van der Waals surface area contributed by atoms with Gasteiger partial charge in [-0.3, -0.25) is 10.1 Å². The Morgan fingerprint density at radius 3 is 1.93 bits per heavy atom. The highest BCUT2D eigenvalue weighted by Gasteiger charge is 2.18. The zero-order chi connectivity index (χ0) is 11.3. The summed E-state index contributed by atoms with van der Waals surface area (Å²) in [6.45, 7) is -0.243. The number of aliphatic hydroxyl groups excluding tert-OH is 2. The molecule has 0 aliphatic carbocycles. The van der Waals surface area contributed by atoms with E-state index >= 15 is 0 Å². The summed E-state index contributed by atoms with van der Waals surface area (Å²) in [5.41, 5.74) is 1.03. The van der Waals surface area contributed by atoms with Crippen LogP contribution in [-0.2, 0) is 12.8 Å². The monoisotopic (exact) mass is 211 g/mol. The highest BCUT2D eigenvalue weighted by molar-refractivity contribution is 5.48. The first-order valence-corrected chi connectivity index (χ1v) is 4.67. The highest BCUT2D eigenvalue weighted by atomic mass is 16.6. The number of hydrogen-bond donors (Lipinski definition) is 2. The van der Waals surface area contributed by atoms with Crippen LogP contribution in [0.25, 0.3) is 0 Å². The van der Waals surface area contributed by atoms with Crippen LogP contribution in [0, 0.1) is 10.1 Å². The van der Waals surface area contributed by atoms with E-state index in [-0.39, 0.29) is 31.7 Å². The number of para-hydroxylation sites is 1. The molecule has 0 atom stereocenters. The second-order valence-corrected chi connectivity index (χ2v) is 3.13. The summed E-state index contributed by atoms with van der Waals surface area (Å²) in [5.74, 6) is 0. The number of hydrogen-bond acceptors (Lipinski definition) is 4. The third kappa shape index (κ3) is 2.74. The Balaban J connectivity index is 3.15. The average Bonchev–Trinajstić information content (AvgIpc) is 2.18. The fraction of sp³-hybridized carbons (Fsp3) is 0.400. The molecular formula is C10H13NO4. The number of rotatable bonds is 5. The Bertz CT molecular complexity index is 327. The van der Waals surface area contributed by atoms with Gasteiger partial charge in [0.25, 0.3) is 5.69 Å². The summed E-state index contributed by atoms with van der Waals surface area (Å²) in [4.78, 5) is 10.4. The van der Waals surface area contributed by atoms with Crippen LogP contribution in [0.1, 0.15) is 11.1 Å². The quantitative estimate of drug-likeness (QED) is 0.553. The number of benzene rings is 1. The summed E-state index contributed by atoms with van der Waals surface area (Å²) in [6, 6.07) is 4.94. The van der Waals surface area contributed by atoms with E-state index in [1.165, 1.54) is 0 Å². The van der Waals surface area contributed by atoms with Crippen molar-refractivity contribution < 1.29 is 15.1 Å². The zero-order valence-corrected chi connectivity index (χ0v) is 8.22. The second-order valence-electron chi connectivity index (χ2n) is 3.13. The summed E-state index contributed by atoms with van der Waals surface area (Å²) in [5, 5.41) is 28.4. The van der Waals surface area contributed by atoms with Gasteiger partial charge in [-0.2, -0.15) is 0 Å². The minimum Gasteiger partial charge on any atom is -0.396 e. The molecule has 5 heteroatoms. The first-order chi connectivity index (χ1) is 7.20. The van der Waals surface area contributed by atoms with Crippen LogP contribution < -0.4 is 0 Å². The standard InChI is InChI=1S/C10H13NO4/c12-6-4-8-2-1-3-9(5-7-13)10(8)11(14)15/h1-3,12-13H,4-7H2. The minimum absolute atomic E-state index is 0.0144. The van der Waals surface area contributed by atoms with Crippen molar-refractivity contribution in [2.45, 2.75) is 12.8 Å². The molecule has 1 aromatic carbocycles. The van der Waals surface area contributed by atoms with Gasteiger partial charge in [0.2, 0.25) is 0 Å². The van der Waals surface area contributed by atoms with Crippen molar-refractivity contribution in [2.75, 3.05) is 13.2 Å². The van der Waals surface area contributed by atoms with Crippen LogP contribution in [0.2, 0.25) is 0 Å². The molecule has 0 amide bonds. The van der Waals surface area contributed by atoms with Gasteiger partial charge in [0.05, 0.1) is 4.92 Å². The molecule has 0 heterocycles. The first-order valence-electron chi connectivity index (χ1n) is 4.67. The van der Waals surface area contributed by atoms with Crippen molar-refractivity contribution in [2.24, 2.45) is 0 Å². The maximum Gasteiger partial charge on any atom is 0.275 e. The van der Waals surface area contributed by atoms with Gasteiger partial charge < -0.3 is 10.2 Å². The SMILES string of the molecule is O=[N+]([O-])c1c(CCO)cccc1CCO. The largest absolute Gasteiger partial charge is 0.396 e. The molecule has 0 saturated heterocycles. The van der Waals surface area contributed by atoms with E-state index in [2.05, 4.69) is 0 Å². The van der Waals surface area contributed by atoms with Crippen molar-refractivity contribution in [1.82, 2.24) is 0 Å². The van der Waals surface area contributed by atoms with E-state index in [4.69, 9.17) is 10.2 Å². The molecule has 0 aromatic heterocycles. The molecule has 15 heavy (non-hydrogen) atoms. The van der Waals surface area contributed by atoms with Gasteiger partial charge in [-0.1, -0.05) is 18.2 Å². The summed E-state index contributed by atoms with van der Waals surface area (Å²) < 4.78 is 0. The highest BCUT2D eigenvalue weighted by Crippen LogP contribution is 2.24. The molecule has 1 rings (SSSR count). The van der Waals surface area contributed by atoms with Gasteiger partial charge in [-0.25, -0.2) is 0 Å². The lowest BCUT2D eigenvalue weighted by atomic mass is 10.0. The Morgan fingerprint density at radius 2 is 1.60 bits per heavy atom. The molecule has 0 unspecified atom stereocenters. The Kier molecular flexibility index (Phi) is 4.20. The molecule has 0 radical (unpaired) electrons. The predicted octanol–water partition coefficient (Wildman–Crippen LogP) is 0.664. The lowest BCUT2D eigenvalue weighted by Crippen LogP contribution is -2.03. The summed E-state index contributed by atoms with van der Waals surface area (Å²) in [7, 11) is 0. The van der Waals surface area contributed by atoms with E-state index in [9.17, 15) is 10.1 Å². The van der Waals surface area contributed by atoms with E-state index in [1.54, 1.807) is 18.2 Å². The number of aliphatic hydroxyl groups is 2. The lowest BCUT2D eigenvalue weighted by Gasteiger charge is -2.05. The first kappa shape index (κ1) is 11.6. The fourth-order valence-corrected chi connectivity index (χ4v) is 1.52. The summed E-state index contributed by atoms with van der Waals surface area (Å²) >= 11 is 0. The van der Waals surface area contributed by atoms with Gasteiger partial charge in [0.15, 0.2) is 0 Å². The van der Waals surface area contributed by atoms with Crippen LogP contribution in [0.5, 0.6) is 0 Å². The molecule has 0 fully saturated rings. The molecule has 2 N–H and O–H groups in total. The third-order valence-corrected chi connectivity index (χ3v) is 2.15. The van der Waals surface area contributed by atoms with Gasteiger partial charge >= 0.3 is 0 Å². The van der Waals surface area contributed by atoms with Gasteiger partial charge in [0.1, 0.15) is 0 Å². The van der Waals surface area contributed by atoms with E-state index in [1.807, 2.05) is 0 Å². The van der Waals surface area contributed by atoms with Crippen LogP contribution in [0.15, 0.2) is 18.2 Å². The van der Waals surface area contributed by atoms with Crippen LogP contribution in [0.4, 0.5) is 5.69 Å². The smallest absolute Gasteiger partial charge is 0.275 e. The van der Waals surface area contributed by atoms with E-state index < -0.39 is 4.92 Å². The minimum atomic E-state index is -0.462. The number of nitro groups is 1. The molecule has 5 nitrogen and oxygen atoms in total. The normalized spacial score (nSPS) is 10.3. The van der Waals surface area contributed by atoms with Crippen LogP contribution in [0.3, 0.4) is 0 Å². The fourth-order valence-electron chi connectivity index (χ4n) is 1.52. The van der Waals surface area contributed by atoms with Crippen molar-refractivity contribution in [3.63, 3.8) is 0 Å². The Hall–Kier alpha value is -1.46. The maximum atomic E-state index is 10.8. The van der Waals surface area contributed by atoms with Crippen molar-refractivity contribution in [3.05, 3.63) is 39.4 Å². The van der Waals surface area contributed by atoms with Gasteiger partial charge in [-0.15, -0.1) is 0 Å². The van der Waals surface area contributed by atoms with Crippen LogP contribution >= 0.6 is 0 Å². The maximum absolute atomic E-state index is 10.8. The zero-order valence-electron chi connectivity index (χ0n) is 8.22. The molecule has 0 spiro atoms. The number of nitrogens with zero attached hydrogens (tertiary/aromatic N) is 1.